The summed E-state index contributed by atoms with van der Waals surface area (Å²) >= 11 is 0. The summed E-state index contributed by atoms with van der Waals surface area (Å²) in [5, 5.41) is 6.40. The van der Waals surface area contributed by atoms with Gasteiger partial charge in [-0.25, -0.2) is 0 Å². The van der Waals surface area contributed by atoms with E-state index in [4.69, 9.17) is 0 Å². The monoisotopic (exact) mass is 353 g/mol. The number of aryl methyl sites for hydroxylation is 3. The van der Waals surface area contributed by atoms with Gasteiger partial charge < -0.3 is 5.32 Å². The van der Waals surface area contributed by atoms with Crippen LogP contribution in [-0.2, 0) is 6.54 Å². The van der Waals surface area contributed by atoms with Crippen LogP contribution in [0, 0.1) is 20.8 Å². The summed E-state index contributed by atoms with van der Waals surface area (Å²) < 4.78 is 0. The molecule has 0 fully saturated rings. The van der Waals surface area contributed by atoms with E-state index in [9.17, 15) is 0 Å². The first-order chi connectivity index (χ1) is 13.0. The molecule has 136 valence electrons. The van der Waals surface area contributed by atoms with Crippen LogP contribution in [0.25, 0.3) is 10.8 Å². The van der Waals surface area contributed by atoms with Crippen molar-refractivity contribution < 1.29 is 0 Å². The van der Waals surface area contributed by atoms with Crippen LogP contribution in [0.1, 0.15) is 40.7 Å². The van der Waals surface area contributed by atoms with Crippen LogP contribution in [0.4, 0.5) is 5.69 Å². The Bertz CT molecular complexity index is 1050. The van der Waals surface area contributed by atoms with Gasteiger partial charge in [0, 0.05) is 18.2 Å². The number of allylic oxidation sites excluding steroid dienone is 4. The third kappa shape index (κ3) is 3.30. The summed E-state index contributed by atoms with van der Waals surface area (Å²) in [4.78, 5) is 0. The van der Waals surface area contributed by atoms with E-state index in [1.165, 1.54) is 49.9 Å². The molecule has 0 saturated heterocycles. The van der Waals surface area contributed by atoms with Crippen molar-refractivity contribution in [3.63, 3.8) is 0 Å². The van der Waals surface area contributed by atoms with Gasteiger partial charge in [-0.1, -0.05) is 77.9 Å². The normalized spacial score (nSPS) is 16.0. The van der Waals surface area contributed by atoms with Crippen molar-refractivity contribution >= 4 is 16.5 Å². The third-order valence-corrected chi connectivity index (χ3v) is 5.68. The number of hydrogen-bond donors (Lipinski definition) is 1. The molecule has 0 heterocycles. The minimum atomic E-state index is 0.381. The average molecular weight is 354 g/mol. The molecular weight excluding hydrogens is 326 g/mol. The molecular formula is C26H27N. The Morgan fingerprint density at radius 3 is 2.33 bits per heavy atom. The molecule has 1 aliphatic rings. The van der Waals surface area contributed by atoms with Crippen molar-refractivity contribution in [3.8, 4) is 0 Å². The molecule has 0 radical (unpaired) electrons. The van der Waals surface area contributed by atoms with Crippen molar-refractivity contribution in [1.29, 1.82) is 0 Å². The van der Waals surface area contributed by atoms with Crippen molar-refractivity contribution in [3.05, 3.63) is 100 Å². The third-order valence-electron chi connectivity index (χ3n) is 5.68. The highest BCUT2D eigenvalue weighted by Gasteiger charge is 2.19. The summed E-state index contributed by atoms with van der Waals surface area (Å²) in [6.07, 6.45) is 6.72. The first-order valence-corrected chi connectivity index (χ1v) is 9.72. The highest BCUT2D eigenvalue weighted by molar-refractivity contribution is 5.87. The Morgan fingerprint density at radius 2 is 1.63 bits per heavy atom. The molecule has 1 unspecified atom stereocenters. The summed E-state index contributed by atoms with van der Waals surface area (Å²) in [5.41, 5.74) is 9.42. The predicted octanol–water partition coefficient (Wildman–Crippen LogP) is 6.98. The van der Waals surface area contributed by atoms with Crippen LogP contribution in [0.15, 0.2) is 72.3 Å². The molecule has 4 rings (SSSR count). The molecule has 1 N–H and O–H groups in total. The lowest BCUT2D eigenvalue weighted by molar-refractivity contribution is 0.974. The van der Waals surface area contributed by atoms with E-state index in [1.54, 1.807) is 0 Å². The maximum absolute atomic E-state index is 3.75. The van der Waals surface area contributed by atoms with Gasteiger partial charge in [0.05, 0.1) is 0 Å². The van der Waals surface area contributed by atoms with Gasteiger partial charge in [0.1, 0.15) is 0 Å². The molecule has 0 bridgehead atoms. The molecule has 3 aromatic carbocycles. The van der Waals surface area contributed by atoms with Gasteiger partial charge in [-0.15, -0.1) is 0 Å². The van der Waals surface area contributed by atoms with Crippen molar-refractivity contribution in [2.75, 3.05) is 5.32 Å². The number of hydrogen-bond acceptors (Lipinski definition) is 1. The van der Waals surface area contributed by atoms with Crippen molar-refractivity contribution in [1.82, 2.24) is 0 Å². The van der Waals surface area contributed by atoms with Crippen LogP contribution in [0.2, 0.25) is 0 Å². The lowest BCUT2D eigenvalue weighted by atomic mass is 9.87. The second-order valence-electron chi connectivity index (χ2n) is 7.76. The average Bonchev–Trinajstić information content (AvgIpc) is 3.06. The van der Waals surface area contributed by atoms with Gasteiger partial charge in [0.2, 0.25) is 0 Å². The molecule has 0 amide bonds. The highest BCUT2D eigenvalue weighted by atomic mass is 14.9. The number of rotatable bonds is 4. The largest absolute Gasteiger partial charge is 0.381 e. The van der Waals surface area contributed by atoms with E-state index in [2.05, 4.69) is 99.8 Å². The van der Waals surface area contributed by atoms with E-state index in [0.717, 1.165) is 6.54 Å². The molecule has 1 atom stereocenters. The minimum Gasteiger partial charge on any atom is -0.381 e. The van der Waals surface area contributed by atoms with E-state index in [-0.39, 0.29) is 0 Å². The van der Waals surface area contributed by atoms with Crippen LogP contribution < -0.4 is 5.32 Å². The predicted molar refractivity (Wildman–Crippen MR) is 118 cm³/mol. The smallest absolute Gasteiger partial charge is 0.0410 e. The zero-order chi connectivity index (χ0) is 19.0. The van der Waals surface area contributed by atoms with E-state index in [1.807, 2.05) is 0 Å². The van der Waals surface area contributed by atoms with E-state index < -0.39 is 0 Å². The second-order valence-corrected chi connectivity index (χ2v) is 7.76. The fraction of sp³-hybridized carbons (Fsp3) is 0.231. The molecule has 1 heteroatoms. The standard InChI is InChI=1S/C26H27N/c1-17-14-19(3)26(20(4)15-17)27-16-25-23-10-6-5-9-21(23)12-13-24(25)22-11-7-8-18(22)2/h5-15,22,27H,16H2,1-4H3. The highest BCUT2D eigenvalue weighted by Crippen LogP contribution is 2.36. The number of fused-ring (bicyclic) bond motifs is 1. The molecule has 1 nitrogen and oxygen atoms in total. The number of nitrogens with one attached hydrogen (secondary N) is 1. The molecule has 1 aliphatic carbocycles. The number of anilines is 1. The SMILES string of the molecule is CC1=CC=CC1c1ccc2ccccc2c1CNc1c(C)cc(C)cc1C. The quantitative estimate of drug-likeness (QED) is 0.533. The van der Waals surface area contributed by atoms with Crippen molar-refractivity contribution in [2.45, 2.75) is 40.2 Å². The van der Waals surface area contributed by atoms with Crippen LogP contribution in [0.5, 0.6) is 0 Å². The summed E-state index contributed by atoms with van der Waals surface area (Å²) in [5.74, 6) is 0.381. The van der Waals surface area contributed by atoms with Gasteiger partial charge in [0.25, 0.3) is 0 Å². The lowest BCUT2D eigenvalue weighted by Gasteiger charge is -2.21. The van der Waals surface area contributed by atoms with Gasteiger partial charge >= 0.3 is 0 Å². The first kappa shape index (κ1) is 17.6. The molecule has 3 aromatic rings. The zero-order valence-corrected chi connectivity index (χ0v) is 16.6. The van der Waals surface area contributed by atoms with Crippen LogP contribution in [0.3, 0.4) is 0 Å². The molecule has 0 aromatic heterocycles. The van der Waals surface area contributed by atoms with Gasteiger partial charge in [-0.3, -0.25) is 0 Å². The summed E-state index contributed by atoms with van der Waals surface area (Å²) in [6.45, 7) is 9.61. The van der Waals surface area contributed by atoms with Gasteiger partial charge in [0.15, 0.2) is 0 Å². The Morgan fingerprint density at radius 1 is 0.889 bits per heavy atom. The Kier molecular flexibility index (Phi) is 4.61. The second kappa shape index (κ2) is 7.08. The fourth-order valence-corrected chi connectivity index (χ4v) is 4.40. The Labute approximate surface area is 162 Å². The fourth-order valence-electron chi connectivity index (χ4n) is 4.40. The zero-order valence-electron chi connectivity index (χ0n) is 16.6. The Balaban J connectivity index is 1.78. The van der Waals surface area contributed by atoms with Gasteiger partial charge in [-0.05, 0) is 60.7 Å². The Hall–Kier alpha value is -2.80. The maximum Gasteiger partial charge on any atom is 0.0410 e. The molecule has 0 saturated carbocycles. The van der Waals surface area contributed by atoms with E-state index >= 15 is 0 Å². The van der Waals surface area contributed by atoms with Crippen LogP contribution in [-0.4, -0.2) is 0 Å². The van der Waals surface area contributed by atoms with Crippen molar-refractivity contribution in [2.24, 2.45) is 0 Å². The number of benzene rings is 3. The lowest BCUT2D eigenvalue weighted by Crippen LogP contribution is -2.08. The van der Waals surface area contributed by atoms with Gasteiger partial charge in [-0.2, -0.15) is 0 Å². The van der Waals surface area contributed by atoms with Crippen LogP contribution >= 0.6 is 0 Å². The summed E-state index contributed by atoms with van der Waals surface area (Å²) in [7, 11) is 0. The molecule has 27 heavy (non-hydrogen) atoms. The summed E-state index contributed by atoms with van der Waals surface area (Å²) in [6, 6.07) is 17.8. The molecule has 0 spiro atoms. The first-order valence-electron chi connectivity index (χ1n) is 9.72. The maximum atomic E-state index is 3.75. The topological polar surface area (TPSA) is 12.0 Å². The molecule has 0 aliphatic heterocycles. The minimum absolute atomic E-state index is 0.381. The van der Waals surface area contributed by atoms with E-state index in [0.29, 0.717) is 5.92 Å².